The SMILES string of the molecule is CC(C)[C@@H](C)NC(=O)COC(=O)/C=C/c1cc(Cl)c2c(c1)OCCCO2. The van der Waals surface area contributed by atoms with Crippen molar-refractivity contribution in [3.05, 3.63) is 28.8 Å². The second kappa shape index (κ2) is 9.48. The highest BCUT2D eigenvalue weighted by molar-refractivity contribution is 6.32. The minimum atomic E-state index is -0.611. The third-order valence-corrected chi connectivity index (χ3v) is 4.25. The zero-order valence-electron chi connectivity index (χ0n) is 15.2. The second-order valence-corrected chi connectivity index (χ2v) is 6.83. The van der Waals surface area contributed by atoms with E-state index in [1.807, 2.05) is 20.8 Å². The largest absolute Gasteiger partial charge is 0.489 e. The van der Waals surface area contributed by atoms with Gasteiger partial charge in [-0.2, -0.15) is 0 Å². The first-order valence-corrected chi connectivity index (χ1v) is 8.98. The molecule has 26 heavy (non-hydrogen) atoms. The fraction of sp³-hybridized carbons (Fsp3) is 0.474. The van der Waals surface area contributed by atoms with Crippen LogP contribution in [0.15, 0.2) is 18.2 Å². The minimum Gasteiger partial charge on any atom is -0.489 e. The number of amides is 1. The quantitative estimate of drug-likeness (QED) is 0.605. The number of nitrogens with one attached hydrogen (secondary N) is 1. The summed E-state index contributed by atoms with van der Waals surface area (Å²) < 4.78 is 16.1. The molecule has 0 bridgehead atoms. The molecule has 1 aliphatic heterocycles. The normalized spacial score (nSPS) is 14.8. The Hall–Kier alpha value is -2.21. The smallest absolute Gasteiger partial charge is 0.331 e. The molecule has 1 atom stereocenters. The predicted octanol–water partition coefficient (Wildman–Crippen LogP) is 3.22. The van der Waals surface area contributed by atoms with Crippen LogP contribution in [0.2, 0.25) is 5.02 Å². The van der Waals surface area contributed by atoms with E-state index in [4.69, 9.17) is 25.8 Å². The van der Waals surface area contributed by atoms with Crippen molar-refractivity contribution in [2.75, 3.05) is 19.8 Å². The molecule has 1 N–H and O–H groups in total. The number of benzene rings is 1. The Labute approximate surface area is 158 Å². The molecular formula is C19H24ClNO5. The van der Waals surface area contributed by atoms with Gasteiger partial charge in [-0.3, -0.25) is 4.79 Å². The highest BCUT2D eigenvalue weighted by Gasteiger charge is 2.15. The standard InChI is InChI=1S/C19H24ClNO5/c1-12(2)13(3)21-17(22)11-26-18(23)6-5-14-9-15(20)19-16(10-14)24-7-4-8-25-19/h5-6,9-10,12-13H,4,7-8,11H2,1-3H3,(H,21,22)/b6-5+/t13-/m1/s1. The highest BCUT2D eigenvalue weighted by atomic mass is 35.5. The molecule has 0 aromatic heterocycles. The van der Waals surface area contributed by atoms with E-state index in [1.54, 1.807) is 18.2 Å². The van der Waals surface area contributed by atoms with Gasteiger partial charge in [0.2, 0.25) is 0 Å². The molecule has 0 saturated heterocycles. The first-order chi connectivity index (χ1) is 12.4. The molecule has 142 valence electrons. The molecular weight excluding hydrogens is 358 g/mol. The van der Waals surface area contributed by atoms with E-state index in [1.165, 1.54) is 6.08 Å². The Bertz CT molecular complexity index is 687. The Morgan fingerprint density at radius 1 is 1.27 bits per heavy atom. The molecule has 1 heterocycles. The van der Waals surface area contributed by atoms with Gasteiger partial charge in [0.1, 0.15) is 0 Å². The maximum absolute atomic E-state index is 11.8. The summed E-state index contributed by atoms with van der Waals surface area (Å²) in [6.07, 6.45) is 3.58. The maximum Gasteiger partial charge on any atom is 0.331 e. The zero-order valence-corrected chi connectivity index (χ0v) is 16.0. The van der Waals surface area contributed by atoms with Crippen LogP contribution in [-0.4, -0.2) is 37.7 Å². The molecule has 1 aromatic carbocycles. The molecule has 1 amide bonds. The van der Waals surface area contributed by atoms with E-state index in [-0.39, 0.29) is 18.6 Å². The summed E-state index contributed by atoms with van der Waals surface area (Å²) in [6.45, 7) is 6.68. The first kappa shape index (κ1) is 20.1. The Balaban J connectivity index is 1.91. The van der Waals surface area contributed by atoms with Gasteiger partial charge in [0.25, 0.3) is 5.91 Å². The van der Waals surface area contributed by atoms with E-state index in [2.05, 4.69) is 5.32 Å². The molecule has 0 saturated carbocycles. The first-order valence-electron chi connectivity index (χ1n) is 8.60. The molecule has 1 aromatic rings. The van der Waals surface area contributed by atoms with Crippen LogP contribution >= 0.6 is 11.6 Å². The van der Waals surface area contributed by atoms with Crippen molar-refractivity contribution in [1.29, 1.82) is 0 Å². The van der Waals surface area contributed by atoms with Crippen molar-refractivity contribution >= 4 is 29.6 Å². The number of esters is 1. The molecule has 0 radical (unpaired) electrons. The summed E-state index contributed by atoms with van der Waals surface area (Å²) in [6, 6.07) is 3.43. The highest BCUT2D eigenvalue weighted by Crippen LogP contribution is 2.38. The van der Waals surface area contributed by atoms with Gasteiger partial charge in [-0.15, -0.1) is 0 Å². The lowest BCUT2D eigenvalue weighted by Gasteiger charge is -2.17. The van der Waals surface area contributed by atoms with Crippen molar-refractivity contribution < 1.29 is 23.8 Å². The average Bonchev–Trinajstić information content (AvgIpc) is 2.83. The minimum absolute atomic E-state index is 0.0145. The molecule has 0 aliphatic carbocycles. The Morgan fingerprint density at radius 2 is 2.00 bits per heavy atom. The van der Waals surface area contributed by atoms with Crippen LogP contribution in [0.4, 0.5) is 0 Å². The van der Waals surface area contributed by atoms with Gasteiger partial charge >= 0.3 is 5.97 Å². The van der Waals surface area contributed by atoms with Crippen molar-refractivity contribution in [3.8, 4) is 11.5 Å². The summed E-state index contributed by atoms with van der Waals surface area (Å²) in [5, 5.41) is 3.18. The van der Waals surface area contributed by atoms with Crippen molar-refractivity contribution in [1.82, 2.24) is 5.32 Å². The summed E-state index contributed by atoms with van der Waals surface area (Å²) in [5.74, 6) is 0.427. The zero-order chi connectivity index (χ0) is 19.1. The lowest BCUT2D eigenvalue weighted by molar-refractivity contribution is -0.144. The van der Waals surface area contributed by atoms with E-state index in [9.17, 15) is 9.59 Å². The van der Waals surface area contributed by atoms with Crippen LogP contribution in [0.25, 0.3) is 6.08 Å². The van der Waals surface area contributed by atoms with Gasteiger partial charge in [-0.25, -0.2) is 4.79 Å². The molecule has 1 aliphatic rings. The number of rotatable bonds is 6. The number of hydrogen-bond acceptors (Lipinski definition) is 5. The summed E-state index contributed by atoms with van der Waals surface area (Å²) in [7, 11) is 0. The molecule has 0 unspecified atom stereocenters. The predicted molar refractivity (Wildman–Crippen MR) is 99.5 cm³/mol. The molecule has 0 fully saturated rings. The fourth-order valence-electron chi connectivity index (χ4n) is 2.16. The van der Waals surface area contributed by atoms with Crippen molar-refractivity contribution in [3.63, 3.8) is 0 Å². The monoisotopic (exact) mass is 381 g/mol. The lowest BCUT2D eigenvalue weighted by Crippen LogP contribution is -2.38. The number of ether oxygens (including phenoxy) is 3. The topological polar surface area (TPSA) is 73.9 Å². The van der Waals surface area contributed by atoms with Crippen molar-refractivity contribution in [2.45, 2.75) is 33.2 Å². The molecule has 0 spiro atoms. The molecule has 2 rings (SSSR count). The van der Waals surface area contributed by atoms with Gasteiger partial charge in [-0.1, -0.05) is 25.4 Å². The van der Waals surface area contributed by atoms with Crippen LogP contribution in [0.3, 0.4) is 0 Å². The van der Waals surface area contributed by atoms with E-state index >= 15 is 0 Å². The van der Waals surface area contributed by atoms with Gasteiger partial charge in [0, 0.05) is 18.5 Å². The van der Waals surface area contributed by atoms with E-state index < -0.39 is 5.97 Å². The van der Waals surface area contributed by atoms with E-state index in [0.29, 0.717) is 41.2 Å². The van der Waals surface area contributed by atoms with Crippen molar-refractivity contribution in [2.24, 2.45) is 5.92 Å². The van der Waals surface area contributed by atoms with Crippen LogP contribution < -0.4 is 14.8 Å². The Kier molecular flexibility index (Phi) is 7.33. The van der Waals surface area contributed by atoms with Crippen LogP contribution in [-0.2, 0) is 14.3 Å². The number of carbonyl (C=O) groups excluding carboxylic acids is 2. The maximum atomic E-state index is 11.8. The third kappa shape index (κ3) is 5.95. The molecule has 6 nitrogen and oxygen atoms in total. The lowest BCUT2D eigenvalue weighted by atomic mass is 10.1. The number of halogens is 1. The summed E-state index contributed by atoms with van der Waals surface area (Å²) >= 11 is 6.20. The van der Waals surface area contributed by atoms with Gasteiger partial charge in [0.05, 0.1) is 18.2 Å². The van der Waals surface area contributed by atoms with Gasteiger partial charge in [0.15, 0.2) is 18.1 Å². The fourth-order valence-corrected chi connectivity index (χ4v) is 2.43. The van der Waals surface area contributed by atoms with Crippen LogP contribution in [0.5, 0.6) is 11.5 Å². The number of carbonyl (C=O) groups is 2. The molecule has 7 heteroatoms. The Morgan fingerprint density at radius 3 is 2.73 bits per heavy atom. The second-order valence-electron chi connectivity index (χ2n) is 6.42. The number of hydrogen-bond donors (Lipinski definition) is 1. The summed E-state index contributed by atoms with van der Waals surface area (Å²) in [5.41, 5.74) is 0.675. The summed E-state index contributed by atoms with van der Waals surface area (Å²) in [4.78, 5) is 23.5. The third-order valence-electron chi connectivity index (χ3n) is 3.97. The van der Waals surface area contributed by atoms with Crippen LogP contribution in [0, 0.1) is 5.92 Å². The number of fused-ring (bicyclic) bond motifs is 1. The van der Waals surface area contributed by atoms with Gasteiger partial charge in [-0.05, 0) is 36.6 Å². The van der Waals surface area contributed by atoms with Crippen LogP contribution in [0.1, 0.15) is 32.8 Å². The van der Waals surface area contributed by atoms with E-state index in [0.717, 1.165) is 6.42 Å². The van der Waals surface area contributed by atoms with Gasteiger partial charge < -0.3 is 19.5 Å². The average molecular weight is 382 g/mol.